The lowest BCUT2D eigenvalue weighted by molar-refractivity contribution is 0.588. The first-order valence-electron chi connectivity index (χ1n) is 3.56. The summed E-state index contributed by atoms with van der Waals surface area (Å²) in [6, 6.07) is 6.78. The van der Waals surface area contributed by atoms with Crippen molar-refractivity contribution >= 4 is 10.0 Å². The van der Waals surface area contributed by atoms with E-state index >= 15 is 0 Å². The summed E-state index contributed by atoms with van der Waals surface area (Å²) < 4.78 is 24.7. The maximum absolute atomic E-state index is 11.2. The highest BCUT2D eigenvalue weighted by Crippen LogP contribution is 2.09. The minimum absolute atomic E-state index is 0.310. The molecule has 1 aromatic carbocycles. The van der Waals surface area contributed by atoms with Gasteiger partial charge in [0, 0.05) is 0 Å². The van der Waals surface area contributed by atoms with E-state index in [0.29, 0.717) is 4.90 Å². The number of rotatable bonds is 2. The predicted molar refractivity (Wildman–Crippen MR) is 47.4 cm³/mol. The number of nitrogens with one attached hydrogen (secondary N) is 1. The van der Waals surface area contributed by atoms with Crippen molar-refractivity contribution in [2.75, 3.05) is 7.05 Å². The lowest BCUT2D eigenvalue weighted by atomic mass is 10.2. The summed E-state index contributed by atoms with van der Waals surface area (Å²) >= 11 is 0. The minimum Gasteiger partial charge on any atom is -0.214 e. The van der Waals surface area contributed by atoms with Gasteiger partial charge in [-0.25, -0.2) is 13.1 Å². The molecular weight excluding hydrogens is 174 g/mol. The van der Waals surface area contributed by atoms with E-state index in [1.54, 1.807) is 18.2 Å². The lowest BCUT2D eigenvalue weighted by Crippen LogP contribution is -2.18. The van der Waals surface area contributed by atoms with Crippen LogP contribution in [-0.4, -0.2) is 15.5 Å². The van der Waals surface area contributed by atoms with Gasteiger partial charge < -0.3 is 0 Å². The fraction of sp³-hybridized carbons (Fsp3) is 0.250. The summed E-state index contributed by atoms with van der Waals surface area (Å²) in [5.74, 6) is 0. The van der Waals surface area contributed by atoms with Crippen molar-refractivity contribution in [2.45, 2.75) is 11.8 Å². The maximum atomic E-state index is 11.2. The van der Waals surface area contributed by atoms with Crippen LogP contribution in [0.4, 0.5) is 0 Å². The van der Waals surface area contributed by atoms with Gasteiger partial charge in [-0.15, -0.1) is 0 Å². The van der Waals surface area contributed by atoms with E-state index in [2.05, 4.69) is 4.72 Å². The van der Waals surface area contributed by atoms with E-state index in [1.165, 1.54) is 7.05 Å². The van der Waals surface area contributed by atoms with Gasteiger partial charge in [0.1, 0.15) is 0 Å². The van der Waals surface area contributed by atoms with Gasteiger partial charge in [-0.05, 0) is 31.7 Å². The van der Waals surface area contributed by atoms with Gasteiger partial charge in [0.25, 0.3) is 0 Å². The van der Waals surface area contributed by atoms with Gasteiger partial charge in [0.05, 0.1) is 4.90 Å². The van der Waals surface area contributed by atoms with Crippen molar-refractivity contribution in [2.24, 2.45) is 0 Å². The molecule has 0 radical (unpaired) electrons. The Kier molecular flexibility index (Phi) is 2.49. The van der Waals surface area contributed by atoms with Crippen LogP contribution in [0.3, 0.4) is 0 Å². The van der Waals surface area contributed by atoms with E-state index in [0.717, 1.165) is 5.56 Å². The van der Waals surface area contributed by atoms with Gasteiger partial charge in [0.2, 0.25) is 10.0 Å². The molecule has 3 nitrogen and oxygen atoms in total. The third-order valence-corrected chi connectivity index (χ3v) is 2.98. The second-order valence-corrected chi connectivity index (χ2v) is 4.41. The van der Waals surface area contributed by atoms with E-state index < -0.39 is 10.0 Å². The van der Waals surface area contributed by atoms with Gasteiger partial charge in [-0.1, -0.05) is 12.1 Å². The van der Waals surface area contributed by atoms with Crippen LogP contribution in [0.15, 0.2) is 29.2 Å². The summed E-state index contributed by atoms with van der Waals surface area (Å²) in [5.41, 5.74) is 0.936. The lowest BCUT2D eigenvalue weighted by Gasteiger charge is -2.01. The quantitative estimate of drug-likeness (QED) is 0.744. The zero-order valence-corrected chi connectivity index (χ0v) is 7.85. The highest BCUT2D eigenvalue weighted by Gasteiger charge is 2.09. The van der Waals surface area contributed by atoms with Crippen molar-refractivity contribution < 1.29 is 8.42 Å². The largest absolute Gasteiger partial charge is 0.240 e. The molecule has 0 fully saturated rings. The summed E-state index contributed by atoms with van der Waals surface area (Å²) in [6.45, 7) is 1.86. The van der Waals surface area contributed by atoms with Crippen molar-refractivity contribution in [1.82, 2.24) is 4.72 Å². The predicted octanol–water partition coefficient (Wildman–Crippen LogP) is 0.903. The molecule has 66 valence electrons. The summed E-state index contributed by atoms with van der Waals surface area (Å²) in [6.07, 6.45) is 0. The average Bonchev–Trinajstić information content (AvgIpc) is 2.05. The van der Waals surface area contributed by atoms with E-state index in [9.17, 15) is 8.42 Å². The Morgan fingerprint density at radius 3 is 2.50 bits per heavy atom. The van der Waals surface area contributed by atoms with E-state index in [-0.39, 0.29) is 0 Å². The summed E-state index contributed by atoms with van der Waals surface area (Å²) in [7, 11) is -1.87. The molecule has 4 heteroatoms. The molecule has 0 aliphatic carbocycles. The molecular formula is C8H11NO2S. The molecule has 0 spiro atoms. The first kappa shape index (κ1) is 9.22. The Bertz CT molecular complexity index is 370. The van der Waals surface area contributed by atoms with Crippen molar-refractivity contribution in [3.05, 3.63) is 29.8 Å². The minimum atomic E-state index is -3.27. The Labute approximate surface area is 72.5 Å². The molecule has 0 amide bonds. The van der Waals surface area contributed by atoms with Crippen LogP contribution < -0.4 is 4.72 Å². The molecule has 1 N–H and O–H groups in total. The van der Waals surface area contributed by atoms with Gasteiger partial charge >= 0.3 is 0 Å². The summed E-state index contributed by atoms with van der Waals surface area (Å²) in [4.78, 5) is 0.310. The van der Waals surface area contributed by atoms with Crippen LogP contribution in [0.2, 0.25) is 0 Å². The third-order valence-electron chi connectivity index (χ3n) is 1.57. The fourth-order valence-corrected chi connectivity index (χ4v) is 1.73. The monoisotopic (exact) mass is 185 g/mol. The molecule has 1 aromatic rings. The SMILES string of the molecule is CNS(=O)(=O)c1cccc(C)c1. The van der Waals surface area contributed by atoms with Crippen LogP contribution in [0.1, 0.15) is 5.56 Å². The van der Waals surface area contributed by atoms with Crippen LogP contribution >= 0.6 is 0 Å². The second-order valence-electron chi connectivity index (χ2n) is 2.52. The standard InChI is InChI=1S/C8H11NO2S/c1-7-4-3-5-8(6-7)12(10,11)9-2/h3-6,9H,1-2H3. The fourth-order valence-electron chi connectivity index (χ4n) is 0.900. The van der Waals surface area contributed by atoms with Crippen molar-refractivity contribution in [3.63, 3.8) is 0 Å². The van der Waals surface area contributed by atoms with Crippen LogP contribution in [-0.2, 0) is 10.0 Å². The Balaban J connectivity index is 3.21. The van der Waals surface area contributed by atoms with E-state index in [1.807, 2.05) is 13.0 Å². The van der Waals surface area contributed by atoms with Gasteiger partial charge in [0.15, 0.2) is 0 Å². The zero-order valence-electron chi connectivity index (χ0n) is 7.03. The van der Waals surface area contributed by atoms with Gasteiger partial charge in [-0.2, -0.15) is 0 Å². The highest BCUT2D eigenvalue weighted by atomic mass is 32.2. The van der Waals surface area contributed by atoms with E-state index in [4.69, 9.17) is 0 Å². The molecule has 0 saturated heterocycles. The van der Waals surface area contributed by atoms with Crippen LogP contribution in [0.5, 0.6) is 0 Å². The summed E-state index contributed by atoms with van der Waals surface area (Å²) in [5, 5.41) is 0. The molecule has 0 saturated carbocycles. The molecule has 0 atom stereocenters. The number of hydrogen-bond acceptors (Lipinski definition) is 2. The molecule has 12 heavy (non-hydrogen) atoms. The first-order chi connectivity index (χ1) is 5.56. The van der Waals surface area contributed by atoms with Crippen molar-refractivity contribution in [1.29, 1.82) is 0 Å². The molecule has 0 bridgehead atoms. The molecule has 1 rings (SSSR count). The first-order valence-corrected chi connectivity index (χ1v) is 5.05. The van der Waals surface area contributed by atoms with Gasteiger partial charge in [-0.3, -0.25) is 0 Å². The molecule has 0 aliphatic heterocycles. The Morgan fingerprint density at radius 2 is 2.00 bits per heavy atom. The number of sulfonamides is 1. The molecule has 0 heterocycles. The average molecular weight is 185 g/mol. The molecule has 0 aromatic heterocycles. The number of aryl methyl sites for hydroxylation is 1. The third kappa shape index (κ3) is 1.84. The topological polar surface area (TPSA) is 46.2 Å². The maximum Gasteiger partial charge on any atom is 0.240 e. The Hall–Kier alpha value is -0.870. The highest BCUT2D eigenvalue weighted by molar-refractivity contribution is 7.89. The van der Waals surface area contributed by atoms with Crippen molar-refractivity contribution in [3.8, 4) is 0 Å². The number of hydrogen-bond donors (Lipinski definition) is 1. The van der Waals surface area contributed by atoms with Crippen LogP contribution in [0.25, 0.3) is 0 Å². The molecule has 0 aliphatic rings. The normalized spacial score (nSPS) is 11.5. The zero-order chi connectivity index (χ0) is 9.19. The smallest absolute Gasteiger partial charge is 0.214 e. The number of benzene rings is 1. The van der Waals surface area contributed by atoms with Crippen LogP contribution in [0, 0.1) is 6.92 Å². The second kappa shape index (κ2) is 3.25. The Morgan fingerprint density at radius 1 is 1.33 bits per heavy atom. The molecule has 0 unspecified atom stereocenters.